The fraction of sp³-hybridized carbons (Fsp3) is 0.0952. The molecule has 28 heavy (non-hydrogen) atoms. The van der Waals surface area contributed by atoms with Crippen LogP contribution in [-0.4, -0.2) is 26.7 Å². The summed E-state index contributed by atoms with van der Waals surface area (Å²) in [5, 5.41) is 17.9. The Morgan fingerprint density at radius 3 is 2.11 bits per heavy atom. The van der Waals surface area contributed by atoms with Crippen molar-refractivity contribution in [3.8, 4) is 28.6 Å². The second-order valence-corrected chi connectivity index (χ2v) is 6.85. The van der Waals surface area contributed by atoms with Gasteiger partial charge in [0.05, 0.1) is 5.75 Å². The Hall–Kier alpha value is -3.50. The molecule has 7 heteroatoms. The molecular formula is C21H17N5OS. The van der Waals surface area contributed by atoms with Gasteiger partial charge in [-0.1, -0.05) is 72.4 Å². The van der Waals surface area contributed by atoms with E-state index in [1.807, 2.05) is 66.7 Å². The molecule has 0 saturated heterocycles. The van der Waals surface area contributed by atoms with E-state index < -0.39 is 0 Å². The van der Waals surface area contributed by atoms with Gasteiger partial charge >= 0.3 is 0 Å². The number of benzene rings is 2. The molecule has 0 unspecified atom stereocenters. The van der Waals surface area contributed by atoms with E-state index in [0.29, 0.717) is 16.5 Å². The first-order chi connectivity index (χ1) is 13.6. The first kappa shape index (κ1) is 19.3. The number of nitriles is 1. The van der Waals surface area contributed by atoms with E-state index in [1.54, 1.807) is 0 Å². The van der Waals surface area contributed by atoms with Crippen LogP contribution in [0.15, 0.2) is 77.1 Å². The molecule has 0 aliphatic heterocycles. The van der Waals surface area contributed by atoms with Crippen LogP contribution in [0.3, 0.4) is 0 Å². The van der Waals surface area contributed by atoms with Crippen LogP contribution in [0.1, 0.15) is 6.92 Å². The molecule has 0 atom stereocenters. The summed E-state index contributed by atoms with van der Waals surface area (Å²) in [7, 11) is 0. The highest BCUT2D eigenvalue weighted by Gasteiger charge is 2.16. The largest absolute Gasteiger partial charge is 0.401 e. The molecule has 0 spiro atoms. The predicted octanol–water partition coefficient (Wildman–Crippen LogP) is 3.62. The van der Waals surface area contributed by atoms with Crippen LogP contribution < -0.4 is 5.73 Å². The molecule has 0 saturated carbocycles. The number of nitrogens with two attached hydrogens (primary N) is 1. The van der Waals surface area contributed by atoms with E-state index in [4.69, 9.17) is 11.0 Å². The normalized spacial score (nSPS) is 11.4. The monoisotopic (exact) mass is 387 g/mol. The second-order valence-electron chi connectivity index (χ2n) is 5.91. The van der Waals surface area contributed by atoms with Crippen molar-refractivity contribution in [2.45, 2.75) is 12.1 Å². The number of allylic oxidation sites excluding steroid dienone is 2. The molecule has 6 nitrogen and oxygen atoms in total. The third-order valence-electron chi connectivity index (χ3n) is 3.88. The van der Waals surface area contributed by atoms with Gasteiger partial charge in [-0.15, -0.1) is 10.2 Å². The number of carbonyl (C=O) groups is 1. The summed E-state index contributed by atoms with van der Waals surface area (Å²) in [4.78, 5) is 16.8. The van der Waals surface area contributed by atoms with Crippen LogP contribution in [0.4, 0.5) is 0 Å². The maximum absolute atomic E-state index is 12.2. The summed E-state index contributed by atoms with van der Waals surface area (Å²) in [6.45, 7) is 1.53. The van der Waals surface area contributed by atoms with E-state index in [-0.39, 0.29) is 22.8 Å². The molecule has 0 fully saturated rings. The van der Waals surface area contributed by atoms with Gasteiger partial charge in [-0.25, -0.2) is 4.98 Å². The smallest absolute Gasteiger partial charge is 0.210 e. The zero-order valence-electron chi connectivity index (χ0n) is 15.2. The summed E-state index contributed by atoms with van der Waals surface area (Å²) < 4.78 is 0. The summed E-state index contributed by atoms with van der Waals surface area (Å²) in [5.74, 6) is -0.345. The predicted molar refractivity (Wildman–Crippen MR) is 109 cm³/mol. The highest BCUT2D eigenvalue weighted by Crippen LogP contribution is 2.29. The Labute approximate surface area is 167 Å². The average Bonchev–Trinajstić information content (AvgIpc) is 2.73. The molecule has 3 aromatic rings. The molecule has 138 valence electrons. The zero-order chi connectivity index (χ0) is 19.9. The molecule has 1 heterocycles. The van der Waals surface area contributed by atoms with Crippen molar-refractivity contribution < 1.29 is 4.79 Å². The molecule has 1 aromatic heterocycles. The molecule has 0 aliphatic rings. The number of rotatable bonds is 6. The number of ketones is 1. The first-order valence-corrected chi connectivity index (χ1v) is 9.46. The maximum Gasteiger partial charge on any atom is 0.210 e. The Morgan fingerprint density at radius 2 is 1.57 bits per heavy atom. The summed E-state index contributed by atoms with van der Waals surface area (Å²) in [5.41, 5.74) is 8.91. The van der Waals surface area contributed by atoms with Crippen molar-refractivity contribution in [1.29, 1.82) is 5.26 Å². The lowest BCUT2D eigenvalue weighted by Gasteiger charge is -2.09. The highest BCUT2D eigenvalue weighted by atomic mass is 32.2. The fourth-order valence-corrected chi connectivity index (χ4v) is 3.19. The molecule has 0 bridgehead atoms. The number of hydrogen-bond acceptors (Lipinski definition) is 7. The quantitative estimate of drug-likeness (QED) is 0.391. The molecule has 2 aromatic carbocycles. The van der Waals surface area contributed by atoms with Gasteiger partial charge in [0, 0.05) is 16.8 Å². The van der Waals surface area contributed by atoms with Crippen LogP contribution in [0, 0.1) is 11.3 Å². The molecule has 2 N–H and O–H groups in total. The van der Waals surface area contributed by atoms with Gasteiger partial charge in [0.25, 0.3) is 0 Å². The van der Waals surface area contributed by atoms with Crippen molar-refractivity contribution in [1.82, 2.24) is 15.2 Å². The van der Waals surface area contributed by atoms with Crippen molar-refractivity contribution >= 4 is 17.5 Å². The van der Waals surface area contributed by atoms with Crippen molar-refractivity contribution in [3.05, 3.63) is 71.9 Å². The third kappa shape index (κ3) is 4.42. The second kappa shape index (κ2) is 8.93. The van der Waals surface area contributed by atoms with Gasteiger partial charge in [0.1, 0.15) is 23.0 Å². The van der Waals surface area contributed by atoms with Gasteiger partial charge in [-0.3, -0.25) is 4.79 Å². The summed E-state index contributed by atoms with van der Waals surface area (Å²) in [6.07, 6.45) is 0. The van der Waals surface area contributed by atoms with Crippen molar-refractivity contribution in [3.63, 3.8) is 0 Å². The topological polar surface area (TPSA) is 106 Å². The van der Waals surface area contributed by atoms with E-state index in [1.165, 1.54) is 6.92 Å². The Morgan fingerprint density at radius 1 is 1.00 bits per heavy atom. The van der Waals surface area contributed by atoms with Gasteiger partial charge in [0.2, 0.25) is 5.16 Å². The van der Waals surface area contributed by atoms with Gasteiger partial charge in [-0.2, -0.15) is 5.26 Å². The van der Waals surface area contributed by atoms with Crippen molar-refractivity contribution in [2.75, 3.05) is 5.75 Å². The van der Waals surface area contributed by atoms with Gasteiger partial charge in [-0.05, 0) is 6.92 Å². The Balaban J connectivity index is 1.94. The fourth-order valence-electron chi connectivity index (χ4n) is 2.53. The average molecular weight is 387 g/mol. The van der Waals surface area contributed by atoms with Crippen LogP contribution in [0.5, 0.6) is 0 Å². The number of hydrogen-bond donors (Lipinski definition) is 1. The number of nitrogens with zero attached hydrogens (tertiary/aromatic N) is 4. The van der Waals surface area contributed by atoms with Crippen LogP contribution in [-0.2, 0) is 4.79 Å². The van der Waals surface area contributed by atoms with Gasteiger partial charge in [0.15, 0.2) is 5.78 Å². The van der Waals surface area contributed by atoms with E-state index in [0.717, 1.165) is 22.9 Å². The number of Topliss-reactive ketones (excluding diaryl/α,β-unsaturated/α-hetero) is 1. The first-order valence-electron chi connectivity index (χ1n) is 8.48. The lowest BCUT2D eigenvalue weighted by molar-refractivity contribution is -0.112. The third-order valence-corrected chi connectivity index (χ3v) is 4.72. The maximum atomic E-state index is 12.2. The molecule has 3 rings (SSSR count). The minimum Gasteiger partial charge on any atom is -0.401 e. The van der Waals surface area contributed by atoms with E-state index in [9.17, 15) is 4.79 Å². The van der Waals surface area contributed by atoms with E-state index in [2.05, 4.69) is 15.2 Å². The SMILES string of the molecule is C/C(N)=C(/C#N)C(=O)CSc1nnc(-c2ccccc2)c(-c2ccccc2)n1. The van der Waals surface area contributed by atoms with Gasteiger partial charge < -0.3 is 5.73 Å². The number of carbonyl (C=O) groups excluding carboxylic acids is 1. The molecular weight excluding hydrogens is 370 g/mol. The highest BCUT2D eigenvalue weighted by molar-refractivity contribution is 7.99. The molecule has 0 radical (unpaired) electrons. The van der Waals surface area contributed by atoms with Crippen LogP contribution >= 0.6 is 11.8 Å². The van der Waals surface area contributed by atoms with Crippen LogP contribution in [0.25, 0.3) is 22.5 Å². The van der Waals surface area contributed by atoms with Crippen molar-refractivity contribution in [2.24, 2.45) is 5.73 Å². The zero-order valence-corrected chi connectivity index (χ0v) is 16.0. The standard InChI is InChI=1S/C21H17N5OS/c1-14(23)17(12-22)18(27)13-28-21-24-19(15-8-4-2-5-9-15)20(25-26-21)16-10-6-3-7-11-16/h2-11H,13,23H2,1H3/b17-14+. The minimum absolute atomic E-state index is 0.0119. The Kier molecular flexibility index (Phi) is 6.14. The minimum atomic E-state index is -0.357. The van der Waals surface area contributed by atoms with Crippen LogP contribution in [0.2, 0.25) is 0 Å². The Bertz CT molecular complexity index is 1060. The lowest BCUT2D eigenvalue weighted by Crippen LogP contribution is -2.10. The summed E-state index contributed by atoms with van der Waals surface area (Å²) >= 11 is 1.13. The van der Waals surface area contributed by atoms with E-state index >= 15 is 0 Å². The molecule has 0 aliphatic carbocycles. The molecule has 0 amide bonds. The summed E-state index contributed by atoms with van der Waals surface area (Å²) in [6, 6.07) is 21.2. The number of aromatic nitrogens is 3. The number of thioether (sulfide) groups is 1. The lowest BCUT2D eigenvalue weighted by atomic mass is 10.0.